The Kier molecular flexibility index (Phi) is 7.31. The summed E-state index contributed by atoms with van der Waals surface area (Å²) in [5.41, 5.74) is 0. The molecule has 0 saturated heterocycles. The molecule has 1 amide bonds. The fraction of sp³-hybridized carbons (Fsp3) is 0.500. The number of halogens is 1. The Morgan fingerprint density at radius 1 is 1.37 bits per heavy atom. The molecule has 0 spiro atoms. The molecule has 1 aromatic carbocycles. The summed E-state index contributed by atoms with van der Waals surface area (Å²) in [6, 6.07) is 7.66. The number of carbonyl (C=O) groups excluding carboxylic acids is 1. The van der Waals surface area contributed by atoms with E-state index < -0.39 is 10.8 Å². The highest BCUT2D eigenvalue weighted by molar-refractivity contribution is 9.10. The van der Waals surface area contributed by atoms with Gasteiger partial charge in [0.2, 0.25) is 5.91 Å². The summed E-state index contributed by atoms with van der Waals surface area (Å²) in [6.45, 7) is 4.02. The Labute approximate surface area is 125 Å². The lowest BCUT2D eigenvalue weighted by Crippen LogP contribution is -2.31. The van der Waals surface area contributed by atoms with Crippen molar-refractivity contribution in [2.75, 3.05) is 5.75 Å². The van der Waals surface area contributed by atoms with Gasteiger partial charge in [0.25, 0.3) is 0 Å². The van der Waals surface area contributed by atoms with Gasteiger partial charge in [0, 0.05) is 27.6 Å². The average molecular weight is 346 g/mol. The van der Waals surface area contributed by atoms with E-state index in [0.717, 1.165) is 15.8 Å². The third-order valence-electron chi connectivity index (χ3n) is 2.83. The molecule has 19 heavy (non-hydrogen) atoms. The number of amides is 1. The minimum Gasteiger partial charge on any atom is -0.354 e. The van der Waals surface area contributed by atoms with Crippen LogP contribution in [-0.4, -0.2) is 21.9 Å². The lowest BCUT2D eigenvalue weighted by atomic mass is 10.2. The number of benzene rings is 1. The van der Waals surface area contributed by atoms with Gasteiger partial charge in [0.1, 0.15) is 0 Å². The average Bonchev–Trinajstić information content (AvgIpc) is 2.39. The van der Waals surface area contributed by atoms with Crippen molar-refractivity contribution in [3.63, 3.8) is 0 Å². The zero-order valence-corrected chi connectivity index (χ0v) is 13.7. The summed E-state index contributed by atoms with van der Waals surface area (Å²) in [7, 11) is -1.02. The van der Waals surface area contributed by atoms with Gasteiger partial charge >= 0.3 is 0 Å². The normalized spacial score (nSPS) is 13.8. The van der Waals surface area contributed by atoms with Crippen molar-refractivity contribution in [2.45, 2.75) is 44.0 Å². The smallest absolute Gasteiger partial charge is 0.220 e. The van der Waals surface area contributed by atoms with Gasteiger partial charge < -0.3 is 5.32 Å². The number of nitrogens with one attached hydrogen (secondary N) is 1. The highest BCUT2D eigenvalue weighted by Gasteiger charge is 2.08. The number of carbonyl (C=O) groups is 1. The summed E-state index contributed by atoms with van der Waals surface area (Å²) in [5, 5.41) is 2.91. The minimum absolute atomic E-state index is 0.0437. The fourth-order valence-electron chi connectivity index (χ4n) is 1.52. The largest absolute Gasteiger partial charge is 0.354 e. The molecule has 1 rings (SSSR count). The fourth-order valence-corrected chi connectivity index (χ4v) is 2.86. The van der Waals surface area contributed by atoms with Crippen LogP contribution in [0.1, 0.15) is 33.1 Å². The standard InChI is InChI=1S/C14H20BrNO2S/c1-3-11(2)16-14(17)5-4-10-19(18)13-8-6-12(15)7-9-13/h6-9,11H,3-5,10H2,1-2H3,(H,16,17)/t11-,19-/m0/s1. The first-order valence-corrected chi connectivity index (χ1v) is 8.57. The molecule has 3 nitrogen and oxygen atoms in total. The maximum absolute atomic E-state index is 12.0. The van der Waals surface area contributed by atoms with E-state index in [1.165, 1.54) is 0 Å². The maximum atomic E-state index is 12.0. The Morgan fingerprint density at radius 3 is 2.58 bits per heavy atom. The molecule has 0 heterocycles. The molecule has 0 fully saturated rings. The van der Waals surface area contributed by atoms with E-state index in [4.69, 9.17) is 0 Å². The molecule has 0 aromatic heterocycles. The predicted molar refractivity (Wildman–Crippen MR) is 82.5 cm³/mol. The first kappa shape index (κ1) is 16.4. The molecule has 0 aliphatic heterocycles. The van der Waals surface area contributed by atoms with Crippen LogP contribution in [0, 0.1) is 0 Å². The molecule has 0 bridgehead atoms. The van der Waals surface area contributed by atoms with E-state index in [2.05, 4.69) is 21.2 Å². The third kappa shape index (κ3) is 6.34. The number of rotatable bonds is 7. The molecule has 1 aromatic rings. The minimum atomic E-state index is -1.02. The lowest BCUT2D eigenvalue weighted by molar-refractivity contribution is -0.121. The van der Waals surface area contributed by atoms with Crippen molar-refractivity contribution in [3.05, 3.63) is 28.7 Å². The molecule has 1 N–H and O–H groups in total. The summed E-state index contributed by atoms with van der Waals surface area (Å²) in [5.74, 6) is 0.567. The molecular formula is C14H20BrNO2S. The zero-order valence-electron chi connectivity index (χ0n) is 11.3. The van der Waals surface area contributed by atoms with Gasteiger partial charge in [-0.1, -0.05) is 22.9 Å². The van der Waals surface area contributed by atoms with Crippen LogP contribution in [0.25, 0.3) is 0 Å². The van der Waals surface area contributed by atoms with Gasteiger partial charge in [-0.3, -0.25) is 9.00 Å². The topological polar surface area (TPSA) is 46.2 Å². The molecule has 2 atom stereocenters. The van der Waals surface area contributed by atoms with Crippen LogP contribution in [-0.2, 0) is 15.6 Å². The molecular weight excluding hydrogens is 326 g/mol. The van der Waals surface area contributed by atoms with Crippen molar-refractivity contribution in [3.8, 4) is 0 Å². The Hall–Kier alpha value is -0.680. The summed E-state index contributed by atoms with van der Waals surface area (Å²) in [6.07, 6.45) is 2.01. The van der Waals surface area contributed by atoms with Crippen LogP contribution in [0.4, 0.5) is 0 Å². The molecule has 0 saturated carbocycles. The van der Waals surface area contributed by atoms with Gasteiger partial charge in [-0.25, -0.2) is 0 Å². The van der Waals surface area contributed by atoms with E-state index in [-0.39, 0.29) is 11.9 Å². The first-order chi connectivity index (χ1) is 9.02. The number of hydrogen-bond donors (Lipinski definition) is 1. The maximum Gasteiger partial charge on any atom is 0.220 e. The van der Waals surface area contributed by atoms with Crippen LogP contribution in [0.15, 0.2) is 33.6 Å². The van der Waals surface area contributed by atoms with Crippen LogP contribution in [0.2, 0.25) is 0 Å². The second kappa shape index (κ2) is 8.48. The highest BCUT2D eigenvalue weighted by atomic mass is 79.9. The molecule has 106 valence electrons. The summed E-state index contributed by atoms with van der Waals surface area (Å²) >= 11 is 3.34. The van der Waals surface area contributed by atoms with E-state index in [1.54, 1.807) is 0 Å². The van der Waals surface area contributed by atoms with Crippen molar-refractivity contribution in [2.24, 2.45) is 0 Å². The molecule has 0 aliphatic carbocycles. The van der Waals surface area contributed by atoms with E-state index in [0.29, 0.717) is 18.6 Å². The summed E-state index contributed by atoms with van der Waals surface area (Å²) < 4.78 is 13.0. The Balaban J connectivity index is 2.31. The van der Waals surface area contributed by atoms with Crippen molar-refractivity contribution >= 4 is 32.6 Å². The molecule has 0 unspecified atom stereocenters. The third-order valence-corrected chi connectivity index (χ3v) is 4.82. The van der Waals surface area contributed by atoms with Gasteiger partial charge in [0.05, 0.1) is 10.8 Å². The molecule has 0 aliphatic rings. The summed E-state index contributed by atoms with van der Waals surface area (Å²) in [4.78, 5) is 12.4. The van der Waals surface area contributed by atoms with E-state index in [9.17, 15) is 9.00 Å². The van der Waals surface area contributed by atoms with Crippen LogP contribution < -0.4 is 5.32 Å². The van der Waals surface area contributed by atoms with Gasteiger partial charge in [-0.15, -0.1) is 0 Å². The van der Waals surface area contributed by atoms with Gasteiger partial charge in [-0.2, -0.15) is 0 Å². The predicted octanol–water partition coefficient (Wildman–Crippen LogP) is 3.25. The van der Waals surface area contributed by atoms with E-state index >= 15 is 0 Å². The van der Waals surface area contributed by atoms with Crippen molar-refractivity contribution < 1.29 is 9.00 Å². The zero-order chi connectivity index (χ0) is 14.3. The first-order valence-electron chi connectivity index (χ1n) is 6.46. The SMILES string of the molecule is CC[C@H](C)NC(=O)CCC[S@](=O)c1ccc(Br)cc1. The van der Waals surface area contributed by atoms with Crippen LogP contribution in [0.5, 0.6) is 0 Å². The van der Waals surface area contributed by atoms with Gasteiger partial charge in [0.15, 0.2) is 0 Å². The van der Waals surface area contributed by atoms with Crippen molar-refractivity contribution in [1.29, 1.82) is 0 Å². The highest BCUT2D eigenvalue weighted by Crippen LogP contribution is 2.14. The quantitative estimate of drug-likeness (QED) is 0.824. The molecule has 5 heteroatoms. The van der Waals surface area contributed by atoms with Crippen molar-refractivity contribution in [1.82, 2.24) is 5.32 Å². The van der Waals surface area contributed by atoms with Crippen LogP contribution in [0.3, 0.4) is 0 Å². The lowest BCUT2D eigenvalue weighted by Gasteiger charge is -2.10. The monoisotopic (exact) mass is 345 g/mol. The molecule has 0 radical (unpaired) electrons. The second-order valence-corrected chi connectivity index (χ2v) is 6.97. The Morgan fingerprint density at radius 2 is 2.00 bits per heavy atom. The Bertz CT molecular complexity index is 434. The van der Waals surface area contributed by atoms with Crippen LogP contribution >= 0.6 is 15.9 Å². The van der Waals surface area contributed by atoms with E-state index in [1.807, 2.05) is 38.1 Å². The second-order valence-electron chi connectivity index (χ2n) is 4.48. The number of hydrogen-bond acceptors (Lipinski definition) is 2. The van der Waals surface area contributed by atoms with Gasteiger partial charge in [-0.05, 0) is 44.0 Å².